The van der Waals surface area contributed by atoms with E-state index in [4.69, 9.17) is 0 Å². The highest BCUT2D eigenvalue weighted by atomic mass is 32.2. The van der Waals surface area contributed by atoms with Crippen LogP contribution in [0.2, 0.25) is 0 Å². The number of H-pyrrole nitrogens is 1. The Morgan fingerprint density at radius 1 is 1.19 bits per heavy atom. The smallest absolute Gasteiger partial charge is 0.244 e. The van der Waals surface area contributed by atoms with E-state index in [1.165, 1.54) is 19.1 Å². The number of nitrogens with zero attached hydrogens (tertiary/aromatic N) is 1. The van der Waals surface area contributed by atoms with Gasteiger partial charge in [-0.15, -0.1) is 0 Å². The zero-order chi connectivity index (χ0) is 19.4. The van der Waals surface area contributed by atoms with E-state index in [1.807, 2.05) is 24.3 Å². The first-order chi connectivity index (χ1) is 12.9. The predicted molar refractivity (Wildman–Crippen MR) is 99.0 cm³/mol. The monoisotopic (exact) mass is 390 g/mol. The Labute approximate surface area is 156 Å². The second kappa shape index (κ2) is 7.85. The van der Waals surface area contributed by atoms with Crippen LogP contribution in [0.1, 0.15) is 12.7 Å². The van der Waals surface area contributed by atoms with Crippen molar-refractivity contribution in [1.82, 2.24) is 20.0 Å². The number of amides is 1. The third-order valence-corrected chi connectivity index (χ3v) is 5.52. The Hall–Kier alpha value is -2.78. The maximum atomic E-state index is 13.7. The number of aromatic amines is 1. The Bertz CT molecular complexity index is 1030. The molecular weight excluding hydrogens is 371 g/mol. The van der Waals surface area contributed by atoms with E-state index in [1.54, 1.807) is 0 Å². The van der Waals surface area contributed by atoms with Gasteiger partial charge in [-0.3, -0.25) is 4.79 Å². The average Bonchev–Trinajstić information content (AvgIpc) is 3.04. The molecule has 0 aliphatic heterocycles. The van der Waals surface area contributed by atoms with Gasteiger partial charge in [0.2, 0.25) is 15.9 Å². The van der Waals surface area contributed by atoms with Crippen LogP contribution in [0.5, 0.6) is 0 Å². The summed E-state index contributed by atoms with van der Waals surface area (Å²) in [5, 5.41) is 2.64. The molecule has 0 saturated heterocycles. The van der Waals surface area contributed by atoms with Gasteiger partial charge in [-0.05, 0) is 31.2 Å². The number of fused-ring (bicyclic) bond motifs is 1. The van der Waals surface area contributed by atoms with Crippen LogP contribution in [-0.4, -0.2) is 36.9 Å². The van der Waals surface area contributed by atoms with E-state index in [0.29, 0.717) is 6.42 Å². The molecule has 9 heteroatoms. The van der Waals surface area contributed by atoms with Gasteiger partial charge < -0.3 is 10.3 Å². The molecule has 0 radical (unpaired) electrons. The molecule has 0 aliphatic carbocycles. The molecule has 0 bridgehead atoms. The molecular formula is C18H19FN4O3S. The van der Waals surface area contributed by atoms with Crippen molar-refractivity contribution < 1.29 is 17.6 Å². The van der Waals surface area contributed by atoms with Gasteiger partial charge in [0.1, 0.15) is 16.5 Å². The first kappa shape index (κ1) is 19.0. The van der Waals surface area contributed by atoms with Gasteiger partial charge in [-0.1, -0.05) is 24.3 Å². The van der Waals surface area contributed by atoms with E-state index >= 15 is 0 Å². The van der Waals surface area contributed by atoms with Gasteiger partial charge in [-0.25, -0.2) is 17.8 Å². The summed E-state index contributed by atoms with van der Waals surface area (Å²) in [5.41, 5.74) is 1.75. The Morgan fingerprint density at radius 3 is 2.63 bits per heavy atom. The van der Waals surface area contributed by atoms with Crippen molar-refractivity contribution in [2.45, 2.75) is 24.3 Å². The SMILES string of the molecule is CC(NS(=O)(=O)c1ccccc1F)C(=O)NCCc1nc2ccccc2[nH]1. The lowest BCUT2D eigenvalue weighted by Crippen LogP contribution is -2.45. The topological polar surface area (TPSA) is 104 Å². The molecule has 1 aromatic heterocycles. The standard InChI is InChI=1S/C18H19FN4O3S/c1-12(23-27(25,26)16-9-5-2-6-13(16)19)18(24)20-11-10-17-21-14-7-3-4-8-15(14)22-17/h2-9,12,23H,10-11H2,1H3,(H,20,24)(H,21,22). The van der Waals surface area contributed by atoms with E-state index < -0.39 is 32.7 Å². The van der Waals surface area contributed by atoms with Crippen LogP contribution < -0.4 is 10.0 Å². The molecule has 3 N–H and O–H groups in total. The van der Waals surface area contributed by atoms with Crippen molar-refractivity contribution in [3.05, 3.63) is 60.2 Å². The molecule has 0 aliphatic rings. The number of benzene rings is 2. The minimum atomic E-state index is -4.13. The number of sulfonamides is 1. The maximum absolute atomic E-state index is 13.7. The van der Waals surface area contributed by atoms with Crippen LogP contribution >= 0.6 is 0 Å². The highest BCUT2D eigenvalue weighted by Crippen LogP contribution is 2.13. The second-order valence-corrected chi connectivity index (χ2v) is 7.70. The number of hydrogen-bond donors (Lipinski definition) is 3. The van der Waals surface area contributed by atoms with E-state index in [9.17, 15) is 17.6 Å². The zero-order valence-corrected chi connectivity index (χ0v) is 15.4. The lowest BCUT2D eigenvalue weighted by molar-refractivity contribution is -0.122. The average molecular weight is 390 g/mol. The van der Waals surface area contributed by atoms with Crippen molar-refractivity contribution >= 4 is 27.0 Å². The van der Waals surface area contributed by atoms with Gasteiger partial charge in [0.15, 0.2) is 0 Å². The number of halogens is 1. The van der Waals surface area contributed by atoms with Gasteiger partial charge >= 0.3 is 0 Å². The summed E-state index contributed by atoms with van der Waals surface area (Å²) in [6.45, 7) is 1.68. The first-order valence-corrected chi connectivity index (χ1v) is 9.83. The fourth-order valence-electron chi connectivity index (χ4n) is 2.59. The van der Waals surface area contributed by atoms with Crippen molar-refractivity contribution in [2.24, 2.45) is 0 Å². The Kier molecular flexibility index (Phi) is 5.52. The van der Waals surface area contributed by atoms with Crippen molar-refractivity contribution in [2.75, 3.05) is 6.54 Å². The van der Waals surface area contributed by atoms with Crippen LogP contribution in [0.25, 0.3) is 11.0 Å². The highest BCUT2D eigenvalue weighted by molar-refractivity contribution is 7.89. The summed E-state index contributed by atoms with van der Waals surface area (Å²) < 4.78 is 40.3. The van der Waals surface area contributed by atoms with Gasteiger partial charge in [-0.2, -0.15) is 4.72 Å². The van der Waals surface area contributed by atoms with Crippen LogP contribution in [0, 0.1) is 5.82 Å². The largest absolute Gasteiger partial charge is 0.354 e. The van der Waals surface area contributed by atoms with Gasteiger partial charge in [0.05, 0.1) is 17.1 Å². The summed E-state index contributed by atoms with van der Waals surface area (Å²) in [6.07, 6.45) is 0.465. The van der Waals surface area contributed by atoms with Crippen LogP contribution in [0.3, 0.4) is 0 Å². The van der Waals surface area contributed by atoms with Crippen LogP contribution in [0.4, 0.5) is 4.39 Å². The number of aromatic nitrogens is 2. The molecule has 1 amide bonds. The van der Waals surface area contributed by atoms with Gasteiger partial charge in [0.25, 0.3) is 0 Å². The molecule has 142 valence electrons. The molecule has 1 heterocycles. The summed E-state index contributed by atoms with van der Waals surface area (Å²) in [7, 11) is -4.13. The molecule has 0 spiro atoms. The Morgan fingerprint density at radius 2 is 1.89 bits per heavy atom. The number of para-hydroxylation sites is 2. The number of hydrogen-bond acceptors (Lipinski definition) is 4. The third-order valence-electron chi connectivity index (χ3n) is 3.95. The Balaban J connectivity index is 1.55. The third kappa shape index (κ3) is 4.50. The first-order valence-electron chi connectivity index (χ1n) is 8.35. The molecule has 3 rings (SSSR count). The molecule has 27 heavy (non-hydrogen) atoms. The lowest BCUT2D eigenvalue weighted by Gasteiger charge is -2.14. The molecule has 3 aromatic rings. The summed E-state index contributed by atoms with van der Waals surface area (Å²) in [5.74, 6) is -0.662. The number of nitrogens with one attached hydrogen (secondary N) is 3. The maximum Gasteiger partial charge on any atom is 0.244 e. The quantitative estimate of drug-likeness (QED) is 0.571. The molecule has 0 saturated carbocycles. The summed E-state index contributed by atoms with van der Waals surface area (Å²) in [4.78, 5) is 19.2. The molecule has 0 fully saturated rings. The molecule has 7 nitrogen and oxygen atoms in total. The molecule has 1 unspecified atom stereocenters. The lowest BCUT2D eigenvalue weighted by atomic mass is 10.3. The minimum Gasteiger partial charge on any atom is -0.354 e. The number of rotatable bonds is 7. The van der Waals surface area contributed by atoms with E-state index in [2.05, 4.69) is 20.0 Å². The zero-order valence-electron chi connectivity index (χ0n) is 14.6. The van der Waals surface area contributed by atoms with E-state index in [0.717, 1.165) is 29.0 Å². The fourth-order valence-corrected chi connectivity index (χ4v) is 3.88. The minimum absolute atomic E-state index is 0.282. The van der Waals surface area contributed by atoms with Crippen molar-refractivity contribution in [3.8, 4) is 0 Å². The predicted octanol–water partition coefficient (Wildman–Crippen LogP) is 1.73. The van der Waals surface area contributed by atoms with Crippen LogP contribution in [0.15, 0.2) is 53.4 Å². The summed E-state index contributed by atoms with van der Waals surface area (Å²) >= 11 is 0. The van der Waals surface area contributed by atoms with Crippen molar-refractivity contribution in [1.29, 1.82) is 0 Å². The highest BCUT2D eigenvalue weighted by Gasteiger charge is 2.24. The number of imidazole rings is 1. The fraction of sp³-hybridized carbons (Fsp3) is 0.222. The number of carbonyl (C=O) groups is 1. The normalized spacial score (nSPS) is 12.8. The van der Waals surface area contributed by atoms with E-state index in [-0.39, 0.29) is 6.54 Å². The molecule has 2 aromatic carbocycles. The van der Waals surface area contributed by atoms with Crippen molar-refractivity contribution in [3.63, 3.8) is 0 Å². The summed E-state index contributed by atoms with van der Waals surface area (Å²) in [6, 6.07) is 11.5. The van der Waals surface area contributed by atoms with Crippen LogP contribution in [-0.2, 0) is 21.2 Å². The van der Waals surface area contributed by atoms with Gasteiger partial charge in [0, 0.05) is 13.0 Å². The molecule has 1 atom stereocenters. The second-order valence-electron chi connectivity index (χ2n) is 6.02. The number of carbonyl (C=O) groups excluding carboxylic acids is 1.